The normalized spacial score (nSPS) is 10.7. The van der Waals surface area contributed by atoms with E-state index in [0.29, 0.717) is 14.5 Å². The Labute approximate surface area is 194 Å². The van der Waals surface area contributed by atoms with Crippen LogP contribution in [0.5, 0.6) is 5.75 Å². The lowest BCUT2D eigenvalue weighted by molar-refractivity contribution is -0.384. The molecule has 3 aromatic rings. The summed E-state index contributed by atoms with van der Waals surface area (Å²) in [5.74, 6) is -0.997. The molecule has 0 atom stereocenters. The Morgan fingerprint density at radius 1 is 1.22 bits per heavy atom. The number of aliphatic carboxylic acids is 1. The lowest BCUT2D eigenvalue weighted by Gasteiger charge is -2.14. The highest BCUT2D eigenvalue weighted by Crippen LogP contribution is 2.31. The summed E-state index contributed by atoms with van der Waals surface area (Å²) in [5.41, 5.74) is -0.0617. The number of carbonyl (C=O) groups excluding carboxylic acids is 1. The molecule has 10 nitrogen and oxygen atoms in total. The second-order valence-corrected chi connectivity index (χ2v) is 8.22. The molecule has 2 aromatic carbocycles. The first-order chi connectivity index (χ1) is 15.1. The van der Waals surface area contributed by atoms with Crippen molar-refractivity contribution >= 4 is 51.3 Å². The molecular formula is C21H17IN2O8. The number of ether oxygens (including phenoxy) is 1. The number of halogens is 1. The van der Waals surface area contributed by atoms with Crippen LogP contribution in [0.25, 0.3) is 11.0 Å². The molecule has 1 heterocycles. The molecule has 166 valence electrons. The highest BCUT2D eigenvalue weighted by Gasteiger charge is 2.21. The van der Waals surface area contributed by atoms with Crippen LogP contribution in [0.2, 0.25) is 0 Å². The van der Waals surface area contributed by atoms with Gasteiger partial charge in [-0.05, 0) is 39.8 Å². The maximum absolute atomic E-state index is 12.8. The molecule has 11 heteroatoms. The second kappa shape index (κ2) is 9.34. The largest absolute Gasteiger partial charge is 0.481 e. The first-order valence-electron chi connectivity index (χ1n) is 9.19. The molecule has 1 aromatic heterocycles. The number of carboxylic acids is 1. The molecule has 3 rings (SSSR count). The van der Waals surface area contributed by atoms with Crippen LogP contribution in [0, 0.1) is 13.7 Å². The van der Waals surface area contributed by atoms with Gasteiger partial charge < -0.3 is 19.2 Å². The third-order valence-corrected chi connectivity index (χ3v) is 5.41. The zero-order valence-corrected chi connectivity index (χ0v) is 19.1. The number of nitro benzene ring substituents is 1. The Morgan fingerprint density at radius 2 is 1.94 bits per heavy atom. The highest BCUT2D eigenvalue weighted by molar-refractivity contribution is 14.1. The first-order valence-corrected chi connectivity index (χ1v) is 10.3. The van der Waals surface area contributed by atoms with Crippen molar-refractivity contribution in [2.24, 2.45) is 0 Å². The summed E-state index contributed by atoms with van der Waals surface area (Å²) in [6, 6.07) is 8.68. The van der Waals surface area contributed by atoms with E-state index in [1.165, 1.54) is 43.3 Å². The van der Waals surface area contributed by atoms with Crippen molar-refractivity contribution in [2.45, 2.75) is 12.8 Å². The van der Waals surface area contributed by atoms with Gasteiger partial charge in [-0.25, -0.2) is 9.59 Å². The van der Waals surface area contributed by atoms with E-state index in [-0.39, 0.29) is 34.6 Å². The second-order valence-electron chi connectivity index (χ2n) is 7.06. The molecule has 0 radical (unpaired) electrons. The topological polar surface area (TPSA) is 140 Å². The smallest absolute Gasteiger partial charge is 0.414 e. The zero-order valence-electron chi connectivity index (χ0n) is 17.0. The minimum Gasteiger partial charge on any atom is -0.481 e. The highest BCUT2D eigenvalue weighted by atomic mass is 127. The summed E-state index contributed by atoms with van der Waals surface area (Å²) in [7, 11) is 3.03. The van der Waals surface area contributed by atoms with E-state index in [1.54, 1.807) is 12.1 Å². The van der Waals surface area contributed by atoms with E-state index in [2.05, 4.69) is 0 Å². The quantitative estimate of drug-likeness (QED) is 0.212. The van der Waals surface area contributed by atoms with Crippen molar-refractivity contribution in [1.29, 1.82) is 0 Å². The van der Waals surface area contributed by atoms with E-state index in [0.717, 1.165) is 0 Å². The van der Waals surface area contributed by atoms with Gasteiger partial charge in [0, 0.05) is 49.7 Å². The number of carboxylic acid groups (broad SMARTS) is 1. The van der Waals surface area contributed by atoms with Crippen molar-refractivity contribution in [3.05, 3.63) is 77.2 Å². The summed E-state index contributed by atoms with van der Waals surface area (Å²) < 4.78 is 11.2. The molecule has 0 aliphatic heterocycles. The predicted molar refractivity (Wildman–Crippen MR) is 122 cm³/mol. The average Bonchev–Trinajstić information content (AvgIpc) is 2.71. The standard InChI is InChI=1S/C21H17IN2O8/c1-23(2)21(28)32-18-10-17-14(8-16(18)22)13(9-19(25)26)15(20(27)31-17)7-11-4-3-5-12(6-11)24(29)30/h3-6,8,10H,7,9H2,1-2H3,(H,25,26). The van der Waals surface area contributed by atoms with Gasteiger partial charge in [-0.3, -0.25) is 14.9 Å². The molecular weight excluding hydrogens is 535 g/mol. The van der Waals surface area contributed by atoms with E-state index >= 15 is 0 Å². The zero-order chi connectivity index (χ0) is 23.6. The molecule has 1 N–H and O–H groups in total. The molecule has 32 heavy (non-hydrogen) atoms. The molecule has 0 bridgehead atoms. The summed E-state index contributed by atoms with van der Waals surface area (Å²) in [4.78, 5) is 47.9. The summed E-state index contributed by atoms with van der Waals surface area (Å²) in [6.45, 7) is 0. The molecule has 0 aliphatic rings. The van der Waals surface area contributed by atoms with Gasteiger partial charge in [0.2, 0.25) is 0 Å². The minimum absolute atomic E-state index is 0.0451. The van der Waals surface area contributed by atoms with Crippen LogP contribution >= 0.6 is 22.6 Å². The van der Waals surface area contributed by atoms with E-state index in [9.17, 15) is 29.6 Å². The van der Waals surface area contributed by atoms with E-state index < -0.39 is 29.0 Å². The maximum atomic E-state index is 12.8. The number of hydrogen-bond acceptors (Lipinski definition) is 7. The van der Waals surface area contributed by atoms with Gasteiger partial charge in [0.1, 0.15) is 11.3 Å². The fourth-order valence-electron chi connectivity index (χ4n) is 3.08. The number of fused-ring (bicyclic) bond motifs is 1. The Morgan fingerprint density at radius 3 is 2.56 bits per heavy atom. The minimum atomic E-state index is -1.16. The lowest BCUT2D eigenvalue weighted by atomic mass is 9.96. The van der Waals surface area contributed by atoms with Gasteiger partial charge >= 0.3 is 17.7 Å². The average molecular weight is 552 g/mol. The van der Waals surface area contributed by atoms with Crippen molar-refractivity contribution in [3.63, 3.8) is 0 Å². The third-order valence-electron chi connectivity index (χ3n) is 4.57. The fourth-order valence-corrected chi connectivity index (χ4v) is 3.66. The maximum Gasteiger partial charge on any atom is 0.414 e. The van der Waals surface area contributed by atoms with Gasteiger partial charge in [0.15, 0.2) is 0 Å². The van der Waals surface area contributed by atoms with Gasteiger partial charge in [-0.2, -0.15) is 0 Å². The lowest BCUT2D eigenvalue weighted by Crippen LogP contribution is -2.25. The number of non-ortho nitro benzene ring substituents is 1. The molecule has 0 aliphatic carbocycles. The predicted octanol–water partition coefficient (Wildman–Crippen LogP) is 3.58. The van der Waals surface area contributed by atoms with Crippen molar-refractivity contribution < 1.29 is 28.8 Å². The van der Waals surface area contributed by atoms with Gasteiger partial charge in [0.25, 0.3) is 5.69 Å². The molecule has 0 saturated heterocycles. The Hall–Kier alpha value is -3.48. The van der Waals surface area contributed by atoms with Gasteiger partial charge in [-0.15, -0.1) is 0 Å². The summed E-state index contributed by atoms with van der Waals surface area (Å²) in [5, 5.41) is 20.9. The monoisotopic (exact) mass is 552 g/mol. The van der Waals surface area contributed by atoms with Crippen LogP contribution in [0.15, 0.2) is 45.6 Å². The van der Waals surface area contributed by atoms with Crippen LogP contribution < -0.4 is 10.4 Å². The number of amides is 1. The molecule has 0 fully saturated rings. The molecule has 0 unspecified atom stereocenters. The van der Waals surface area contributed by atoms with Crippen molar-refractivity contribution in [1.82, 2.24) is 4.90 Å². The fraction of sp³-hybridized carbons (Fsp3) is 0.190. The SMILES string of the molecule is CN(C)C(=O)Oc1cc2oc(=O)c(Cc3cccc([N+](=O)[O-])c3)c(CC(=O)O)c2cc1I. The van der Waals surface area contributed by atoms with Crippen molar-refractivity contribution in [3.8, 4) is 5.75 Å². The van der Waals surface area contributed by atoms with Crippen LogP contribution in [-0.2, 0) is 17.6 Å². The summed E-state index contributed by atoms with van der Waals surface area (Å²) in [6.07, 6.45) is -1.13. The Bertz CT molecular complexity index is 1300. The molecule has 0 spiro atoms. The van der Waals surface area contributed by atoms with Crippen molar-refractivity contribution in [2.75, 3.05) is 14.1 Å². The van der Waals surface area contributed by atoms with Gasteiger partial charge in [-0.1, -0.05) is 12.1 Å². The number of carbonyl (C=O) groups is 2. The Kier molecular flexibility index (Phi) is 6.77. The number of benzene rings is 2. The Balaban J connectivity index is 2.16. The third kappa shape index (κ3) is 5.04. The number of nitro groups is 1. The van der Waals surface area contributed by atoms with Crippen LogP contribution in [0.1, 0.15) is 16.7 Å². The molecule has 0 saturated carbocycles. The van der Waals surface area contributed by atoms with E-state index in [1.807, 2.05) is 22.6 Å². The van der Waals surface area contributed by atoms with Gasteiger partial charge in [0.05, 0.1) is 14.9 Å². The number of hydrogen-bond donors (Lipinski definition) is 1. The number of nitrogens with zero attached hydrogens (tertiary/aromatic N) is 2. The summed E-state index contributed by atoms with van der Waals surface area (Å²) >= 11 is 1.93. The molecule has 1 amide bonds. The van der Waals surface area contributed by atoms with E-state index in [4.69, 9.17) is 9.15 Å². The van der Waals surface area contributed by atoms with Crippen LogP contribution in [-0.4, -0.2) is 41.1 Å². The van der Waals surface area contributed by atoms with Crippen LogP contribution in [0.4, 0.5) is 10.5 Å². The number of rotatable bonds is 6. The first kappa shape index (κ1) is 23.2. The van der Waals surface area contributed by atoms with Crippen LogP contribution in [0.3, 0.4) is 0 Å².